The fourth-order valence-corrected chi connectivity index (χ4v) is 3.09. The Kier molecular flexibility index (Phi) is 4.00. The Labute approximate surface area is 122 Å². The Morgan fingerprint density at radius 2 is 2.10 bits per heavy atom. The zero-order valence-electron chi connectivity index (χ0n) is 11.2. The molecule has 0 amide bonds. The van der Waals surface area contributed by atoms with Gasteiger partial charge in [-0.05, 0) is 25.0 Å². The highest BCUT2D eigenvalue weighted by Crippen LogP contribution is 2.26. The number of aromatic nitrogens is 2. The van der Waals surface area contributed by atoms with Crippen LogP contribution in [0.2, 0.25) is 0 Å². The topological polar surface area (TPSA) is 94.3 Å². The van der Waals surface area contributed by atoms with Gasteiger partial charge in [-0.3, -0.25) is 0 Å². The van der Waals surface area contributed by atoms with Crippen LogP contribution in [0, 0.1) is 0 Å². The third kappa shape index (κ3) is 3.29. The van der Waals surface area contributed by atoms with Crippen molar-refractivity contribution in [1.82, 2.24) is 14.9 Å². The first-order valence-corrected chi connectivity index (χ1v) is 8.12. The summed E-state index contributed by atoms with van der Waals surface area (Å²) in [6.45, 7) is 0.663. The lowest BCUT2D eigenvalue weighted by Crippen LogP contribution is -2.23. The van der Waals surface area contributed by atoms with Crippen molar-refractivity contribution in [3.63, 3.8) is 0 Å². The van der Waals surface area contributed by atoms with Crippen molar-refractivity contribution in [2.75, 3.05) is 6.61 Å². The quantitative estimate of drug-likeness (QED) is 0.897. The summed E-state index contributed by atoms with van der Waals surface area (Å²) in [6, 6.07) is 8.13. The molecule has 0 bridgehead atoms. The van der Waals surface area contributed by atoms with Crippen LogP contribution in [0.4, 0.5) is 0 Å². The van der Waals surface area contributed by atoms with Crippen LogP contribution < -0.4 is 4.72 Å². The van der Waals surface area contributed by atoms with Crippen molar-refractivity contribution < 1.29 is 17.7 Å². The molecule has 0 saturated carbocycles. The molecular formula is C13H15N3O4S. The number of hydrogen-bond donors (Lipinski definition) is 1. The molecule has 2 heterocycles. The van der Waals surface area contributed by atoms with E-state index in [1.54, 1.807) is 18.2 Å². The van der Waals surface area contributed by atoms with Crippen LogP contribution in [0.25, 0.3) is 0 Å². The molecule has 1 aromatic heterocycles. The first kappa shape index (κ1) is 14.2. The van der Waals surface area contributed by atoms with E-state index in [4.69, 9.17) is 9.26 Å². The first-order chi connectivity index (χ1) is 10.1. The fraction of sp³-hybridized carbons (Fsp3) is 0.385. The van der Waals surface area contributed by atoms with Gasteiger partial charge in [-0.2, -0.15) is 4.98 Å². The Bertz CT molecular complexity index is 693. The van der Waals surface area contributed by atoms with E-state index in [-0.39, 0.29) is 17.5 Å². The molecule has 1 aromatic carbocycles. The van der Waals surface area contributed by atoms with Crippen molar-refractivity contribution in [3.8, 4) is 0 Å². The summed E-state index contributed by atoms with van der Waals surface area (Å²) in [6.07, 6.45) is 1.64. The van der Waals surface area contributed by atoms with Gasteiger partial charge in [0.2, 0.25) is 10.0 Å². The number of ether oxygens (including phenoxy) is 1. The second-order valence-corrected chi connectivity index (χ2v) is 6.46. The van der Waals surface area contributed by atoms with Gasteiger partial charge in [-0.1, -0.05) is 23.4 Å². The first-order valence-electron chi connectivity index (χ1n) is 6.64. The minimum absolute atomic E-state index is 0.0204. The zero-order chi connectivity index (χ0) is 14.7. The number of sulfonamides is 1. The van der Waals surface area contributed by atoms with Crippen LogP contribution in [-0.4, -0.2) is 25.2 Å². The zero-order valence-corrected chi connectivity index (χ0v) is 12.0. The number of rotatable bonds is 5. The molecule has 1 aliphatic rings. The largest absolute Gasteiger partial charge is 0.368 e. The van der Waals surface area contributed by atoms with Gasteiger partial charge < -0.3 is 9.26 Å². The third-order valence-corrected chi connectivity index (χ3v) is 4.58. The highest BCUT2D eigenvalue weighted by molar-refractivity contribution is 7.89. The minimum atomic E-state index is -3.57. The summed E-state index contributed by atoms with van der Waals surface area (Å²) in [5.74, 6) is 0.696. The lowest BCUT2D eigenvalue weighted by molar-refractivity contribution is 0.0835. The Morgan fingerprint density at radius 1 is 1.29 bits per heavy atom. The molecular weight excluding hydrogens is 294 g/mol. The molecule has 1 unspecified atom stereocenters. The summed E-state index contributed by atoms with van der Waals surface area (Å²) in [5.41, 5.74) is 0. The minimum Gasteiger partial charge on any atom is -0.368 e. The van der Waals surface area contributed by atoms with Gasteiger partial charge >= 0.3 is 0 Å². The van der Waals surface area contributed by atoms with Gasteiger partial charge in [0.15, 0.2) is 5.82 Å². The van der Waals surface area contributed by atoms with E-state index in [1.165, 1.54) is 12.1 Å². The Hall–Kier alpha value is -1.77. The van der Waals surface area contributed by atoms with Gasteiger partial charge in [-0.25, -0.2) is 13.1 Å². The van der Waals surface area contributed by atoms with Gasteiger partial charge in [-0.15, -0.1) is 0 Å². The standard InChI is InChI=1S/C13H15N3O4S/c17-21(18,10-5-2-1-3-6-10)14-9-12-15-13(20-16-12)11-7-4-8-19-11/h1-3,5-6,11,14H,4,7-9H2. The van der Waals surface area contributed by atoms with E-state index in [1.807, 2.05) is 0 Å². The molecule has 7 nitrogen and oxygen atoms in total. The smallest absolute Gasteiger partial charge is 0.255 e. The highest BCUT2D eigenvalue weighted by Gasteiger charge is 2.24. The van der Waals surface area contributed by atoms with Crippen molar-refractivity contribution >= 4 is 10.0 Å². The van der Waals surface area contributed by atoms with Crippen LogP contribution in [0.5, 0.6) is 0 Å². The van der Waals surface area contributed by atoms with Crippen LogP contribution >= 0.6 is 0 Å². The molecule has 0 spiro atoms. The molecule has 1 atom stereocenters. The summed E-state index contributed by atoms with van der Waals surface area (Å²) >= 11 is 0. The fourth-order valence-electron chi connectivity index (χ4n) is 2.09. The normalized spacial score (nSPS) is 19.0. The molecule has 1 fully saturated rings. The molecule has 8 heteroatoms. The van der Waals surface area contributed by atoms with Crippen molar-refractivity contribution in [2.45, 2.75) is 30.4 Å². The Morgan fingerprint density at radius 3 is 2.81 bits per heavy atom. The van der Waals surface area contributed by atoms with Gasteiger partial charge in [0.05, 0.1) is 11.4 Å². The summed E-state index contributed by atoms with van der Waals surface area (Å²) in [5, 5.41) is 3.76. The van der Waals surface area contributed by atoms with E-state index in [2.05, 4.69) is 14.9 Å². The van der Waals surface area contributed by atoms with E-state index in [0.29, 0.717) is 18.3 Å². The molecule has 1 aliphatic heterocycles. The van der Waals surface area contributed by atoms with Gasteiger partial charge in [0, 0.05) is 6.61 Å². The molecule has 21 heavy (non-hydrogen) atoms. The molecule has 0 radical (unpaired) electrons. The third-order valence-electron chi connectivity index (χ3n) is 3.16. The van der Waals surface area contributed by atoms with Gasteiger partial charge in [0.25, 0.3) is 5.89 Å². The second kappa shape index (κ2) is 5.92. The molecule has 112 valence electrons. The van der Waals surface area contributed by atoms with Crippen molar-refractivity contribution in [1.29, 1.82) is 0 Å². The molecule has 2 aromatic rings. The number of nitrogens with one attached hydrogen (secondary N) is 1. The van der Waals surface area contributed by atoms with Crippen molar-refractivity contribution in [2.24, 2.45) is 0 Å². The maximum absolute atomic E-state index is 12.0. The monoisotopic (exact) mass is 309 g/mol. The second-order valence-electron chi connectivity index (χ2n) is 4.69. The van der Waals surface area contributed by atoms with Crippen molar-refractivity contribution in [3.05, 3.63) is 42.0 Å². The predicted molar refractivity (Wildman–Crippen MR) is 72.7 cm³/mol. The molecule has 1 saturated heterocycles. The maximum Gasteiger partial charge on any atom is 0.255 e. The number of nitrogens with zero attached hydrogens (tertiary/aromatic N) is 2. The van der Waals surface area contributed by atoms with E-state index in [9.17, 15) is 8.42 Å². The van der Waals surface area contributed by atoms with Crippen LogP contribution in [0.3, 0.4) is 0 Å². The maximum atomic E-state index is 12.0. The summed E-state index contributed by atoms with van der Waals surface area (Å²) < 4.78 is 37.1. The van der Waals surface area contributed by atoms with Crippen LogP contribution in [-0.2, 0) is 21.3 Å². The number of benzene rings is 1. The Balaban J connectivity index is 1.65. The van der Waals surface area contributed by atoms with E-state index >= 15 is 0 Å². The molecule has 0 aliphatic carbocycles. The average Bonchev–Trinajstić information content (AvgIpc) is 3.17. The lowest BCUT2D eigenvalue weighted by Gasteiger charge is -2.04. The van der Waals surface area contributed by atoms with E-state index < -0.39 is 10.0 Å². The van der Waals surface area contributed by atoms with E-state index in [0.717, 1.165) is 12.8 Å². The summed E-state index contributed by atoms with van der Waals surface area (Å²) in [4.78, 5) is 4.36. The average molecular weight is 309 g/mol. The lowest BCUT2D eigenvalue weighted by atomic mass is 10.2. The highest BCUT2D eigenvalue weighted by atomic mass is 32.2. The van der Waals surface area contributed by atoms with Gasteiger partial charge in [0.1, 0.15) is 6.10 Å². The van der Waals surface area contributed by atoms with Crippen LogP contribution in [0.15, 0.2) is 39.8 Å². The molecule has 3 rings (SSSR count). The SMILES string of the molecule is O=S(=O)(NCc1noc(C2CCCO2)n1)c1ccccc1. The summed E-state index contributed by atoms with van der Waals surface area (Å²) in [7, 11) is -3.57. The molecule has 1 N–H and O–H groups in total. The van der Waals surface area contributed by atoms with Crippen LogP contribution in [0.1, 0.15) is 30.7 Å². The number of hydrogen-bond acceptors (Lipinski definition) is 6. The predicted octanol–water partition coefficient (Wildman–Crippen LogP) is 1.40.